The van der Waals surface area contributed by atoms with Crippen LogP contribution in [0.25, 0.3) is 0 Å². The quantitative estimate of drug-likeness (QED) is 0.491. The Morgan fingerprint density at radius 2 is 2.23 bits per heavy atom. The molecule has 1 saturated carbocycles. The highest BCUT2D eigenvalue weighted by atomic mass is 32.3. The Kier molecular flexibility index (Phi) is 3.31. The van der Waals surface area contributed by atoms with Crippen molar-refractivity contribution in [3.05, 3.63) is 23.8 Å². The molecule has 22 heavy (non-hydrogen) atoms. The van der Waals surface area contributed by atoms with E-state index in [9.17, 15) is 13.9 Å². The third-order valence-electron chi connectivity index (χ3n) is 3.48. The van der Waals surface area contributed by atoms with Crippen LogP contribution < -0.4 is 20.5 Å². The minimum atomic E-state index is -3.34. The molecule has 2 aliphatic rings. The smallest absolute Gasteiger partial charge is 0.405 e. The summed E-state index contributed by atoms with van der Waals surface area (Å²) in [5.74, 6) is 0.361. The topological polar surface area (TPSA) is 149 Å². The zero-order valence-electron chi connectivity index (χ0n) is 11.4. The van der Waals surface area contributed by atoms with E-state index in [-0.39, 0.29) is 12.4 Å². The highest BCUT2D eigenvalue weighted by Gasteiger charge is 2.45. The number of nitrogens with one attached hydrogen (secondary N) is 2. The Morgan fingerprint density at radius 3 is 2.86 bits per heavy atom. The number of carboxylic acid groups (broad SMARTS) is 1. The number of hydrogen-bond donors (Lipinski definition) is 6. The predicted molar refractivity (Wildman–Crippen MR) is 82.3 cm³/mol. The van der Waals surface area contributed by atoms with E-state index in [4.69, 9.17) is 15.6 Å². The predicted octanol–water partition coefficient (Wildman–Crippen LogP) is 1.58. The van der Waals surface area contributed by atoms with E-state index in [0.29, 0.717) is 29.8 Å². The SMILES string of the molecule is NC1=NS(O)(O)Nc2cccc(OCC3(NC(=O)O)CC3)c21. The van der Waals surface area contributed by atoms with Gasteiger partial charge in [-0.05, 0) is 35.9 Å². The second-order valence-corrected chi connectivity index (χ2v) is 6.70. The lowest BCUT2D eigenvalue weighted by Crippen LogP contribution is -2.40. The fraction of sp³-hybridized carbons (Fsp3) is 0.333. The lowest BCUT2D eigenvalue weighted by molar-refractivity contribution is 0.177. The number of carbonyl (C=O) groups is 1. The zero-order chi connectivity index (χ0) is 16.0. The number of anilines is 1. The van der Waals surface area contributed by atoms with Gasteiger partial charge in [0.1, 0.15) is 12.4 Å². The molecule has 1 amide bonds. The van der Waals surface area contributed by atoms with E-state index in [1.165, 1.54) is 0 Å². The molecule has 1 aromatic rings. The second kappa shape index (κ2) is 4.93. The normalized spacial score (nSPS) is 21.6. The van der Waals surface area contributed by atoms with Crippen LogP contribution in [0.2, 0.25) is 0 Å². The molecule has 7 N–H and O–H groups in total. The molecule has 0 spiro atoms. The summed E-state index contributed by atoms with van der Waals surface area (Å²) in [7, 11) is -3.34. The van der Waals surface area contributed by atoms with Crippen molar-refractivity contribution in [3.63, 3.8) is 0 Å². The first-order valence-corrected chi connectivity index (χ1v) is 7.99. The molecule has 0 bridgehead atoms. The van der Waals surface area contributed by atoms with Gasteiger partial charge in [0.25, 0.3) is 0 Å². The van der Waals surface area contributed by atoms with E-state index in [2.05, 4.69) is 14.4 Å². The standard InChI is InChI=1S/C12H16N4O5S/c13-10-9-7(15-22(19,20)16-10)2-1-3-8(9)21-6-12(4-5-12)14-11(17)18/h1-3,14-15,19-20H,4-6H2,(H2,13,16)(H,17,18). The maximum absolute atomic E-state index is 10.8. The van der Waals surface area contributed by atoms with Crippen molar-refractivity contribution in [2.24, 2.45) is 10.1 Å². The molecule has 1 heterocycles. The Bertz CT molecular complexity index is 659. The average molecular weight is 328 g/mol. The molecule has 0 saturated heterocycles. The van der Waals surface area contributed by atoms with Gasteiger partial charge in [-0.15, -0.1) is 4.40 Å². The molecule has 0 unspecified atom stereocenters. The van der Waals surface area contributed by atoms with Gasteiger partial charge in [0, 0.05) is 0 Å². The Hall–Kier alpha value is -2.17. The highest BCUT2D eigenvalue weighted by Crippen LogP contribution is 2.47. The maximum Gasteiger partial charge on any atom is 0.405 e. The molecule has 0 atom stereocenters. The average Bonchev–Trinajstić information content (AvgIpc) is 3.13. The molecule has 1 aromatic carbocycles. The summed E-state index contributed by atoms with van der Waals surface area (Å²) in [4.78, 5) is 10.8. The van der Waals surface area contributed by atoms with Gasteiger partial charge >= 0.3 is 6.09 Å². The number of amidine groups is 1. The maximum atomic E-state index is 10.8. The summed E-state index contributed by atoms with van der Waals surface area (Å²) < 4.78 is 31.0. The Labute approximate surface area is 127 Å². The number of ether oxygens (including phenoxy) is 1. The van der Waals surface area contributed by atoms with Crippen LogP contribution in [-0.4, -0.2) is 38.3 Å². The van der Waals surface area contributed by atoms with E-state index in [1.807, 2.05) is 0 Å². The minimum Gasteiger partial charge on any atom is -0.490 e. The number of amides is 1. The monoisotopic (exact) mass is 328 g/mol. The lowest BCUT2D eigenvalue weighted by atomic mass is 10.1. The fourth-order valence-corrected chi connectivity index (χ4v) is 3.13. The van der Waals surface area contributed by atoms with Crippen LogP contribution >= 0.6 is 11.0 Å². The van der Waals surface area contributed by atoms with Crippen molar-refractivity contribution in [3.8, 4) is 5.75 Å². The molecule has 120 valence electrons. The molecule has 9 nitrogen and oxygen atoms in total. The summed E-state index contributed by atoms with van der Waals surface area (Å²) in [6.45, 7) is 0.166. The molecular formula is C12H16N4O5S. The molecule has 0 radical (unpaired) electrons. The van der Waals surface area contributed by atoms with Crippen molar-refractivity contribution >= 4 is 28.6 Å². The number of fused-ring (bicyclic) bond motifs is 1. The largest absolute Gasteiger partial charge is 0.490 e. The lowest BCUT2D eigenvalue weighted by Gasteiger charge is -2.33. The molecule has 1 aliphatic carbocycles. The van der Waals surface area contributed by atoms with E-state index < -0.39 is 22.6 Å². The second-order valence-electron chi connectivity index (χ2n) is 5.28. The van der Waals surface area contributed by atoms with Gasteiger partial charge in [-0.25, -0.2) is 4.79 Å². The number of nitrogens with two attached hydrogens (primary N) is 1. The highest BCUT2D eigenvalue weighted by molar-refractivity contribution is 8.24. The van der Waals surface area contributed by atoms with Crippen molar-refractivity contribution in [1.82, 2.24) is 5.32 Å². The van der Waals surface area contributed by atoms with Crippen molar-refractivity contribution in [2.45, 2.75) is 18.4 Å². The van der Waals surface area contributed by atoms with Crippen LogP contribution in [0.4, 0.5) is 10.5 Å². The summed E-state index contributed by atoms with van der Waals surface area (Å²) in [5, 5.41) is 11.3. The third kappa shape index (κ3) is 2.89. The Balaban J connectivity index is 1.81. The third-order valence-corrected chi connectivity index (χ3v) is 4.43. The zero-order valence-corrected chi connectivity index (χ0v) is 12.3. The first-order valence-electron chi connectivity index (χ1n) is 6.49. The van der Waals surface area contributed by atoms with Gasteiger partial charge in [0.15, 0.2) is 5.84 Å². The van der Waals surface area contributed by atoms with Crippen LogP contribution in [0.1, 0.15) is 18.4 Å². The van der Waals surface area contributed by atoms with Crippen LogP contribution in [0.3, 0.4) is 0 Å². The van der Waals surface area contributed by atoms with Crippen LogP contribution in [0, 0.1) is 0 Å². The number of nitrogens with zero attached hydrogens (tertiary/aromatic N) is 1. The van der Waals surface area contributed by atoms with E-state index in [1.54, 1.807) is 18.2 Å². The van der Waals surface area contributed by atoms with Crippen molar-refractivity contribution < 1.29 is 23.7 Å². The summed E-state index contributed by atoms with van der Waals surface area (Å²) in [6.07, 6.45) is 0.320. The van der Waals surface area contributed by atoms with Gasteiger partial charge in [0.2, 0.25) is 0 Å². The number of hydrogen-bond acceptors (Lipinski definition) is 7. The number of rotatable bonds is 4. The Morgan fingerprint density at radius 1 is 1.50 bits per heavy atom. The molecule has 0 aromatic heterocycles. The first-order chi connectivity index (χ1) is 10.3. The van der Waals surface area contributed by atoms with Gasteiger partial charge in [-0.2, -0.15) is 0 Å². The van der Waals surface area contributed by atoms with Crippen LogP contribution in [0.5, 0.6) is 5.75 Å². The summed E-state index contributed by atoms with van der Waals surface area (Å²) >= 11 is 0. The summed E-state index contributed by atoms with van der Waals surface area (Å²) in [5.41, 5.74) is 6.05. The van der Waals surface area contributed by atoms with E-state index >= 15 is 0 Å². The van der Waals surface area contributed by atoms with Gasteiger partial charge in [0.05, 0.1) is 16.8 Å². The van der Waals surface area contributed by atoms with Gasteiger partial charge < -0.3 is 20.9 Å². The number of benzene rings is 1. The first kappa shape index (κ1) is 14.8. The van der Waals surface area contributed by atoms with Crippen molar-refractivity contribution in [1.29, 1.82) is 0 Å². The van der Waals surface area contributed by atoms with Crippen LogP contribution in [0.15, 0.2) is 22.6 Å². The fourth-order valence-electron chi connectivity index (χ4n) is 2.25. The van der Waals surface area contributed by atoms with E-state index in [0.717, 1.165) is 0 Å². The van der Waals surface area contributed by atoms with Crippen molar-refractivity contribution in [2.75, 3.05) is 11.3 Å². The molecule has 3 rings (SSSR count). The van der Waals surface area contributed by atoms with Crippen LogP contribution in [-0.2, 0) is 0 Å². The molecular weight excluding hydrogens is 312 g/mol. The molecule has 1 fully saturated rings. The summed E-state index contributed by atoms with van der Waals surface area (Å²) in [6, 6.07) is 4.95. The minimum absolute atomic E-state index is 0.0413. The van der Waals surface area contributed by atoms with Gasteiger partial charge in [-0.1, -0.05) is 6.07 Å². The van der Waals surface area contributed by atoms with Gasteiger partial charge in [-0.3, -0.25) is 13.8 Å². The molecule has 1 aliphatic heterocycles. The molecule has 10 heteroatoms.